The summed E-state index contributed by atoms with van der Waals surface area (Å²) >= 11 is 6.28. The van der Waals surface area contributed by atoms with E-state index in [0.717, 1.165) is 49.1 Å². The van der Waals surface area contributed by atoms with Gasteiger partial charge in [0.2, 0.25) is 0 Å². The molecule has 2 aromatic heterocycles. The number of fused-ring (bicyclic) bond motifs is 1. The summed E-state index contributed by atoms with van der Waals surface area (Å²) in [6.45, 7) is 1.23. The molecule has 130 valence electrons. The molecule has 1 fully saturated rings. The van der Waals surface area contributed by atoms with Gasteiger partial charge in [-0.2, -0.15) is 0 Å². The number of nitrogens with zero attached hydrogens (tertiary/aromatic N) is 3. The van der Waals surface area contributed by atoms with Crippen LogP contribution in [0.1, 0.15) is 52.5 Å². The first-order valence-corrected chi connectivity index (χ1v) is 9.02. The van der Waals surface area contributed by atoms with Gasteiger partial charge in [0.25, 0.3) is 11.5 Å². The van der Waals surface area contributed by atoms with Gasteiger partial charge in [0.1, 0.15) is 5.15 Å². The Kier molecular flexibility index (Phi) is 4.29. The first-order chi connectivity index (χ1) is 12.1. The molecule has 2 aromatic rings. The Morgan fingerprint density at radius 2 is 2.16 bits per heavy atom. The van der Waals surface area contributed by atoms with Crippen molar-refractivity contribution in [2.24, 2.45) is 0 Å². The number of H-pyrrole nitrogens is 1. The summed E-state index contributed by atoms with van der Waals surface area (Å²) < 4.78 is 0. The minimum Gasteiger partial charge on any atom is -0.338 e. The number of aromatic amines is 1. The summed E-state index contributed by atoms with van der Waals surface area (Å²) in [5, 5.41) is 0.294. The molecule has 0 bridgehead atoms. The fourth-order valence-electron chi connectivity index (χ4n) is 3.78. The second kappa shape index (κ2) is 6.59. The number of carbonyl (C=O) groups is 1. The number of likely N-dealkylation sites (tertiary alicyclic amines) is 1. The number of hydrogen-bond donors (Lipinski definition) is 1. The predicted molar refractivity (Wildman–Crippen MR) is 94.0 cm³/mol. The number of nitrogens with one attached hydrogen (secondary N) is 1. The monoisotopic (exact) mass is 358 g/mol. The lowest BCUT2D eigenvalue weighted by Gasteiger charge is -2.32. The van der Waals surface area contributed by atoms with Crippen LogP contribution in [-0.4, -0.2) is 38.8 Å². The van der Waals surface area contributed by atoms with Crippen molar-refractivity contribution in [2.75, 3.05) is 13.1 Å². The maximum Gasteiger partial charge on any atom is 0.257 e. The largest absolute Gasteiger partial charge is 0.338 e. The Labute approximate surface area is 150 Å². The van der Waals surface area contributed by atoms with Crippen molar-refractivity contribution in [3.8, 4) is 0 Å². The molecule has 0 saturated carbocycles. The molecule has 4 rings (SSSR count). The smallest absolute Gasteiger partial charge is 0.257 e. The summed E-state index contributed by atoms with van der Waals surface area (Å²) in [5.74, 6) is -0.0112. The fraction of sp³-hybridized carbons (Fsp3) is 0.444. The molecule has 3 heterocycles. The van der Waals surface area contributed by atoms with E-state index in [1.165, 1.54) is 12.4 Å². The Balaban J connectivity index is 1.57. The van der Waals surface area contributed by atoms with Crippen molar-refractivity contribution in [1.29, 1.82) is 0 Å². The van der Waals surface area contributed by atoms with Crippen LogP contribution in [0.3, 0.4) is 0 Å². The van der Waals surface area contributed by atoms with Gasteiger partial charge in [-0.1, -0.05) is 11.6 Å². The van der Waals surface area contributed by atoms with Gasteiger partial charge in [-0.25, -0.2) is 9.97 Å². The molecule has 0 aromatic carbocycles. The van der Waals surface area contributed by atoms with Gasteiger partial charge in [0.05, 0.1) is 17.6 Å². The highest BCUT2D eigenvalue weighted by Gasteiger charge is 2.29. The lowest BCUT2D eigenvalue weighted by atomic mass is 9.94. The summed E-state index contributed by atoms with van der Waals surface area (Å²) in [4.78, 5) is 37.5. The molecule has 6 nitrogen and oxygen atoms in total. The van der Waals surface area contributed by atoms with Gasteiger partial charge in [-0.05, 0) is 43.7 Å². The van der Waals surface area contributed by atoms with Crippen LogP contribution < -0.4 is 5.56 Å². The van der Waals surface area contributed by atoms with E-state index in [2.05, 4.69) is 15.0 Å². The van der Waals surface area contributed by atoms with Gasteiger partial charge in [0.15, 0.2) is 0 Å². The highest BCUT2D eigenvalue weighted by Crippen LogP contribution is 2.29. The zero-order valence-electron chi connectivity index (χ0n) is 13.8. The Morgan fingerprint density at radius 1 is 1.28 bits per heavy atom. The average Bonchev–Trinajstić information content (AvgIpc) is 3.07. The Hall–Kier alpha value is -2.21. The number of carbonyl (C=O) groups excluding carboxylic acids is 1. The molecule has 1 amide bonds. The maximum absolute atomic E-state index is 13.0. The van der Waals surface area contributed by atoms with Gasteiger partial charge in [-0.15, -0.1) is 0 Å². The predicted octanol–water partition coefficient (Wildman–Crippen LogP) is 2.33. The zero-order chi connectivity index (χ0) is 17.4. The van der Waals surface area contributed by atoms with Crippen LogP contribution >= 0.6 is 11.6 Å². The first kappa shape index (κ1) is 16.3. The molecule has 2 aliphatic rings. The molecular formula is C18H19ClN4O2. The standard InChI is InChI=1S/C18H19ClN4O2/c19-17-13(7-11-3-1-5-14(11)22-17)18(25)23-6-2-4-12(9-23)15-8-16(24)21-10-20-15/h7-8,10,12H,1-6,9H2,(H,20,21,24). The molecule has 1 aliphatic carbocycles. The number of halogens is 1. The van der Waals surface area contributed by atoms with E-state index in [0.29, 0.717) is 23.8 Å². The third-order valence-electron chi connectivity index (χ3n) is 5.06. The van der Waals surface area contributed by atoms with Gasteiger partial charge < -0.3 is 9.88 Å². The van der Waals surface area contributed by atoms with E-state index in [9.17, 15) is 9.59 Å². The quantitative estimate of drug-likeness (QED) is 0.835. The van der Waals surface area contributed by atoms with Crippen LogP contribution in [0, 0.1) is 0 Å². The minimum atomic E-state index is -0.167. The summed E-state index contributed by atoms with van der Waals surface area (Å²) in [5.41, 5.74) is 3.21. The Bertz CT molecular complexity index is 880. The molecule has 1 aliphatic heterocycles. The van der Waals surface area contributed by atoms with E-state index in [1.807, 2.05) is 6.07 Å². The number of pyridine rings is 1. The highest BCUT2D eigenvalue weighted by molar-refractivity contribution is 6.32. The van der Waals surface area contributed by atoms with Crippen LogP contribution in [-0.2, 0) is 12.8 Å². The number of aromatic nitrogens is 3. The summed E-state index contributed by atoms with van der Waals surface area (Å²) in [7, 11) is 0. The average molecular weight is 359 g/mol. The van der Waals surface area contributed by atoms with Gasteiger partial charge in [-0.3, -0.25) is 9.59 Å². The van der Waals surface area contributed by atoms with Crippen LogP contribution in [0.2, 0.25) is 5.15 Å². The summed E-state index contributed by atoms with van der Waals surface area (Å²) in [6, 6.07) is 3.43. The molecule has 7 heteroatoms. The Morgan fingerprint density at radius 3 is 3.00 bits per heavy atom. The van der Waals surface area contributed by atoms with Crippen molar-refractivity contribution < 1.29 is 4.79 Å². The van der Waals surface area contributed by atoms with Crippen LogP contribution in [0.15, 0.2) is 23.3 Å². The second-order valence-corrected chi connectivity index (χ2v) is 7.07. The number of hydrogen-bond acceptors (Lipinski definition) is 4. The normalized spacial score (nSPS) is 19.7. The number of piperidine rings is 1. The minimum absolute atomic E-state index is 0.0705. The number of rotatable bonds is 2. The first-order valence-electron chi connectivity index (χ1n) is 8.64. The fourth-order valence-corrected chi connectivity index (χ4v) is 4.01. The van der Waals surface area contributed by atoms with Crippen molar-refractivity contribution >= 4 is 17.5 Å². The molecule has 1 N–H and O–H groups in total. The molecule has 0 spiro atoms. The van der Waals surface area contributed by atoms with Crippen LogP contribution in [0.5, 0.6) is 0 Å². The van der Waals surface area contributed by atoms with E-state index >= 15 is 0 Å². The number of aryl methyl sites for hydroxylation is 2. The van der Waals surface area contributed by atoms with Crippen LogP contribution in [0.25, 0.3) is 0 Å². The van der Waals surface area contributed by atoms with Gasteiger partial charge in [0, 0.05) is 30.8 Å². The third kappa shape index (κ3) is 3.18. The van der Waals surface area contributed by atoms with Crippen LogP contribution in [0.4, 0.5) is 0 Å². The third-order valence-corrected chi connectivity index (χ3v) is 5.35. The van der Waals surface area contributed by atoms with Crippen molar-refractivity contribution in [1.82, 2.24) is 19.9 Å². The maximum atomic E-state index is 13.0. The van der Waals surface area contributed by atoms with E-state index < -0.39 is 0 Å². The second-order valence-electron chi connectivity index (χ2n) is 6.71. The molecule has 25 heavy (non-hydrogen) atoms. The lowest BCUT2D eigenvalue weighted by molar-refractivity contribution is 0.0705. The lowest BCUT2D eigenvalue weighted by Crippen LogP contribution is -2.39. The topological polar surface area (TPSA) is 79.0 Å². The number of amides is 1. The molecule has 1 atom stereocenters. The molecule has 1 unspecified atom stereocenters. The molecule has 1 saturated heterocycles. The van der Waals surface area contributed by atoms with Crippen molar-refractivity contribution in [3.05, 3.63) is 56.5 Å². The van der Waals surface area contributed by atoms with Crippen molar-refractivity contribution in [3.63, 3.8) is 0 Å². The SMILES string of the molecule is O=C(c1cc2c(nc1Cl)CCC2)N1CCCC(c2cc(=O)[nH]cn2)C1. The van der Waals surface area contributed by atoms with Gasteiger partial charge >= 0.3 is 0 Å². The van der Waals surface area contributed by atoms with E-state index in [4.69, 9.17) is 11.6 Å². The summed E-state index contributed by atoms with van der Waals surface area (Å²) in [6.07, 6.45) is 6.16. The highest BCUT2D eigenvalue weighted by atomic mass is 35.5. The van der Waals surface area contributed by atoms with E-state index in [-0.39, 0.29) is 17.4 Å². The zero-order valence-corrected chi connectivity index (χ0v) is 14.6. The van der Waals surface area contributed by atoms with E-state index in [1.54, 1.807) is 4.90 Å². The van der Waals surface area contributed by atoms with Crippen molar-refractivity contribution in [2.45, 2.75) is 38.0 Å². The molecule has 0 radical (unpaired) electrons. The molecular weight excluding hydrogens is 340 g/mol.